The molecule has 0 amide bonds. The number of imidazole rings is 1. The maximum absolute atomic E-state index is 10.7. The molecule has 19 heavy (non-hydrogen) atoms. The highest BCUT2D eigenvalue weighted by Crippen LogP contribution is 2.18. The average Bonchev–Trinajstić information content (AvgIpc) is 2.86. The molecule has 0 radical (unpaired) electrons. The first kappa shape index (κ1) is 15.7. The Morgan fingerprint density at radius 3 is 2.37 bits per heavy atom. The third-order valence-electron chi connectivity index (χ3n) is 2.26. The number of aldehydes is 3. The van der Waals surface area contributed by atoms with Gasteiger partial charge in [-0.3, -0.25) is 9.20 Å². The number of hydrogen-bond acceptors (Lipinski definition) is 4. The molecule has 100 valence electrons. The van der Waals surface area contributed by atoms with Crippen molar-refractivity contribution in [3.63, 3.8) is 0 Å². The maximum Gasteiger partial charge on any atom is 0.168 e. The monoisotopic (exact) mass is 388 g/mol. The first-order chi connectivity index (χ1) is 9.04. The first-order valence-corrected chi connectivity index (χ1v) is 6.88. The van der Waals surface area contributed by atoms with Gasteiger partial charge in [0.05, 0.1) is 6.20 Å². The summed E-state index contributed by atoms with van der Waals surface area (Å²) in [5.41, 5.74) is 2.36. The SMILES string of the molecule is Cc1c(Br)ccc2ncc(C=O)n12.O=CC(Br)C=O. The summed E-state index contributed by atoms with van der Waals surface area (Å²) in [6.45, 7) is 1.94. The van der Waals surface area contributed by atoms with Crippen LogP contribution in [0.15, 0.2) is 22.8 Å². The van der Waals surface area contributed by atoms with E-state index in [1.165, 1.54) is 0 Å². The predicted molar refractivity (Wildman–Crippen MR) is 77.9 cm³/mol. The van der Waals surface area contributed by atoms with Crippen molar-refractivity contribution in [2.24, 2.45) is 0 Å². The molecule has 7 heteroatoms. The molecule has 2 aromatic heterocycles. The van der Waals surface area contributed by atoms with E-state index in [0.717, 1.165) is 22.1 Å². The molecule has 0 spiro atoms. The second-order valence-electron chi connectivity index (χ2n) is 3.48. The van der Waals surface area contributed by atoms with Gasteiger partial charge in [0.1, 0.15) is 28.7 Å². The van der Waals surface area contributed by atoms with E-state index in [0.29, 0.717) is 18.3 Å². The van der Waals surface area contributed by atoms with Gasteiger partial charge < -0.3 is 9.59 Å². The standard InChI is InChI=1S/C9H7BrN2O.C3H3BrO2/c1-6-8(10)2-3-9-11-4-7(5-13)12(6)9;4-3(1-5)2-6/h2-5H,1H3;1-3H. The molecule has 0 bridgehead atoms. The first-order valence-electron chi connectivity index (χ1n) is 5.17. The molecule has 5 nitrogen and oxygen atoms in total. The van der Waals surface area contributed by atoms with Gasteiger partial charge in [0.15, 0.2) is 6.29 Å². The molecule has 0 fully saturated rings. The Labute approximate surface area is 126 Å². The van der Waals surface area contributed by atoms with E-state index in [1.54, 1.807) is 6.20 Å². The van der Waals surface area contributed by atoms with Crippen LogP contribution >= 0.6 is 31.9 Å². The number of rotatable bonds is 3. The van der Waals surface area contributed by atoms with Crippen molar-refractivity contribution in [3.05, 3.63) is 34.2 Å². The minimum Gasteiger partial charge on any atom is -0.302 e. The van der Waals surface area contributed by atoms with E-state index in [9.17, 15) is 14.4 Å². The van der Waals surface area contributed by atoms with E-state index in [-0.39, 0.29) is 0 Å². The smallest absolute Gasteiger partial charge is 0.168 e. The minimum atomic E-state index is -0.613. The number of alkyl halides is 1. The molecule has 0 aliphatic rings. The summed E-state index contributed by atoms with van der Waals surface area (Å²) in [5, 5.41) is 0. The average molecular weight is 390 g/mol. The summed E-state index contributed by atoms with van der Waals surface area (Å²) in [5.74, 6) is 0. The second kappa shape index (κ2) is 7.30. The molecule has 0 aliphatic carbocycles. The van der Waals surface area contributed by atoms with Crippen molar-refractivity contribution < 1.29 is 14.4 Å². The van der Waals surface area contributed by atoms with Crippen LogP contribution in [0.25, 0.3) is 5.65 Å². The molecule has 0 saturated carbocycles. The van der Waals surface area contributed by atoms with E-state index >= 15 is 0 Å². The normalized spacial score (nSPS) is 9.89. The second-order valence-corrected chi connectivity index (χ2v) is 5.39. The third-order valence-corrected chi connectivity index (χ3v) is 3.53. The van der Waals surface area contributed by atoms with Crippen LogP contribution in [-0.4, -0.2) is 33.1 Å². The molecule has 2 aromatic rings. The third kappa shape index (κ3) is 3.81. The Balaban J connectivity index is 0.000000258. The molecule has 2 heterocycles. The van der Waals surface area contributed by atoms with Crippen molar-refractivity contribution in [1.82, 2.24) is 9.38 Å². The van der Waals surface area contributed by atoms with Crippen LogP contribution in [0.2, 0.25) is 0 Å². The molecular weight excluding hydrogens is 380 g/mol. The highest BCUT2D eigenvalue weighted by atomic mass is 79.9. The van der Waals surface area contributed by atoms with Gasteiger partial charge in [0, 0.05) is 10.2 Å². The summed E-state index contributed by atoms with van der Waals surface area (Å²) < 4.78 is 2.79. The molecule has 0 aromatic carbocycles. The number of pyridine rings is 1. The van der Waals surface area contributed by atoms with Gasteiger partial charge in [-0.25, -0.2) is 4.98 Å². The van der Waals surface area contributed by atoms with Crippen LogP contribution in [0.3, 0.4) is 0 Å². The largest absolute Gasteiger partial charge is 0.302 e. The Morgan fingerprint density at radius 2 is 1.89 bits per heavy atom. The van der Waals surface area contributed by atoms with Crippen LogP contribution in [0, 0.1) is 6.92 Å². The number of halogens is 2. The minimum absolute atomic E-state index is 0.521. The van der Waals surface area contributed by atoms with Gasteiger partial charge >= 0.3 is 0 Å². The molecule has 0 saturated heterocycles. The summed E-state index contributed by atoms with van der Waals surface area (Å²) >= 11 is 6.14. The van der Waals surface area contributed by atoms with Crippen LogP contribution in [-0.2, 0) is 9.59 Å². The van der Waals surface area contributed by atoms with Crippen molar-refractivity contribution in [3.8, 4) is 0 Å². The Kier molecular flexibility index (Phi) is 6.04. The lowest BCUT2D eigenvalue weighted by Gasteiger charge is -2.02. The zero-order valence-corrected chi connectivity index (χ0v) is 13.1. The number of aryl methyl sites for hydroxylation is 1. The van der Waals surface area contributed by atoms with Gasteiger partial charge in [-0.15, -0.1) is 0 Å². The Bertz CT molecular complexity index is 602. The fraction of sp³-hybridized carbons (Fsp3) is 0.167. The van der Waals surface area contributed by atoms with Crippen molar-refractivity contribution in [1.29, 1.82) is 0 Å². The predicted octanol–water partition coefficient (Wildman–Crippen LogP) is 2.37. The lowest BCUT2D eigenvalue weighted by Crippen LogP contribution is -1.97. The highest BCUT2D eigenvalue weighted by Gasteiger charge is 2.05. The number of hydrogen-bond donors (Lipinski definition) is 0. The maximum atomic E-state index is 10.7. The summed E-state index contributed by atoms with van der Waals surface area (Å²) in [6.07, 6.45) is 3.42. The van der Waals surface area contributed by atoms with E-state index in [1.807, 2.05) is 23.5 Å². The molecule has 0 aliphatic heterocycles. The molecule has 0 N–H and O–H groups in total. The van der Waals surface area contributed by atoms with Gasteiger partial charge in [0.2, 0.25) is 0 Å². The molecule has 0 atom stereocenters. The lowest BCUT2D eigenvalue weighted by molar-refractivity contribution is -0.113. The zero-order valence-electron chi connectivity index (χ0n) is 9.92. The topological polar surface area (TPSA) is 68.5 Å². The van der Waals surface area contributed by atoms with Gasteiger partial charge in [-0.1, -0.05) is 15.9 Å². The van der Waals surface area contributed by atoms with E-state index < -0.39 is 4.83 Å². The number of carbonyl (C=O) groups is 3. The zero-order chi connectivity index (χ0) is 14.4. The summed E-state index contributed by atoms with van der Waals surface area (Å²) in [7, 11) is 0. The van der Waals surface area contributed by atoms with Crippen LogP contribution in [0.1, 0.15) is 16.2 Å². The molecule has 2 rings (SSSR count). The van der Waals surface area contributed by atoms with Crippen molar-refractivity contribution in [2.45, 2.75) is 11.8 Å². The van der Waals surface area contributed by atoms with Crippen molar-refractivity contribution in [2.75, 3.05) is 0 Å². The quantitative estimate of drug-likeness (QED) is 0.459. The van der Waals surface area contributed by atoms with Gasteiger partial charge in [-0.2, -0.15) is 0 Å². The Hall–Kier alpha value is -1.34. The summed E-state index contributed by atoms with van der Waals surface area (Å²) in [6, 6.07) is 3.79. The summed E-state index contributed by atoms with van der Waals surface area (Å²) in [4.78, 5) is 33.1. The number of fused-ring (bicyclic) bond motifs is 1. The van der Waals surface area contributed by atoms with E-state index in [4.69, 9.17) is 0 Å². The fourth-order valence-corrected chi connectivity index (χ4v) is 1.66. The van der Waals surface area contributed by atoms with Gasteiger partial charge in [0.25, 0.3) is 0 Å². The molecular formula is C12H10Br2N2O3. The number of carbonyl (C=O) groups excluding carboxylic acids is 3. The van der Waals surface area contributed by atoms with Crippen LogP contribution < -0.4 is 0 Å². The van der Waals surface area contributed by atoms with Crippen LogP contribution in [0.5, 0.6) is 0 Å². The Morgan fingerprint density at radius 1 is 1.26 bits per heavy atom. The lowest BCUT2D eigenvalue weighted by atomic mass is 10.3. The van der Waals surface area contributed by atoms with E-state index in [2.05, 4.69) is 36.8 Å². The highest BCUT2D eigenvalue weighted by molar-refractivity contribution is 9.10. The van der Waals surface area contributed by atoms with Gasteiger partial charge in [-0.05, 0) is 35.0 Å². The fourth-order valence-electron chi connectivity index (χ4n) is 1.35. The number of nitrogens with zero attached hydrogens (tertiary/aromatic N) is 2. The van der Waals surface area contributed by atoms with Crippen LogP contribution in [0.4, 0.5) is 0 Å². The van der Waals surface area contributed by atoms with Crippen molar-refractivity contribution >= 4 is 56.4 Å². The number of aromatic nitrogens is 2. The molecule has 0 unspecified atom stereocenters.